The minimum atomic E-state index is -4.35. The Morgan fingerprint density at radius 3 is 2.36 bits per heavy atom. The molecule has 0 aliphatic carbocycles. The molecule has 0 aromatic heterocycles. The first-order chi connectivity index (χ1) is 15.2. The van der Waals surface area contributed by atoms with Gasteiger partial charge in [0.1, 0.15) is 23.9 Å². The number of ether oxygens (including phenoxy) is 2. The van der Waals surface area contributed by atoms with Gasteiger partial charge in [0.05, 0.1) is 12.0 Å². The fourth-order valence-corrected chi connectivity index (χ4v) is 2.91. The summed E-state index contributed by atoms with van der Waals surface area (Å²) in [6.45, 7) is 2.09. The van der Waals surface area contributed by atoms with Crippen LogP contribution in [0.25, 0.3) is 6.08 Å². The van der Waals surface area contributed by atoms with Crippen LogP contribution in [0.3, 0.4) is 0 Å². The van der Waals surface area contributed by atoms with Crippen molar-refractivity contribution in [1.82, 2.24) is 0 Å². The van der Waals surface area contributed by atoms with Gasteiger partial charge in [-0.2, -0.15) is 13.2 Å². The summed E-state index contributed by atoms with van der Waals surface area (Å²) in [7, 11) is 0. The van der Waals surface area contributed by atoms with Crippen LogP contribution in [-0.2, 0) is 17.4 Å². The van der Waals surface area contributed by atoms with E-state index in [4.69, 9.17) is 14.6 Å². The van der Waals surface area contributed by atoms with E-state index in [1.165, 1.54) is 12.1 Å². The quantitative estimate of drug-likeness (QED) is 0.422. The zero-order chi connectivity index (χ0) is 23.1. The monoisotopic (exact) mass is 466 g/mol. The SMILES string of the molecule is Cc1ccc(CC(=O)O)cc1Oc1cccc(OCC=Cc2ccc(C(F)(F)F)cc2)c1.[NaH]. The van der Waals surface area contributed by atoms with Crippen molar-refractivity contribution in [2.75, 3.05) is 6.61 Å². The fraction of sp³-hybridized carbons (Fsp3) is 0.160. The van der Waals surface area contributed by atoms with Crippen LogP contribution in [0.5, 0.6) is 17.2 Å². The summed E-state index contributed by atoms with van der Waals surface area (Å²) in [5, 5.41) is 8.97. The van der Waals surface area contributed by atoms with E-state index in [0.717, 1.165) is 17.7 Å². The van der Waals surface area contributed by atoms with E-state index in [9.17, 15) is 18.0 Å². The number of benzene rings is 3. The van der Waals surface area contributed by atoms with Gasteiger partial charge >= 0.3 is 41.7 Å². The molecule has 0 aliphatic heterocycles. The van der Waals surface area contributed by atoms with E-state index in [0.29, 0.717) is 28.4 Å². The fourth-order valence-electron chi connectivity index (χ4n) is 2.91. The number of rotatable bonds is 8. The number of carboxylic acid groups (broad SMARTS) is 1. The van der Waals surface area contributed by atoms with Crippen molar-refractivity contribution in [3.05, 3.63) is 95.1 Å². The first-order valence-electron chi connectivity index (χ1n) is 9.76. The zero-order valence-electron chi connectivity index (χ0n) is 17.2. The van der Waals surface area contributed by atoms with Crippen molar-refractivity contribution in [3.63, 3.8) is 0 Å². The number of hydrogen-bond donors (Lipinski definition) is 1. The molecule has 0 saturated heterocycles. The van der Waals surface area contributed by atoms with Gasteiger partial charge in [0.25, 0.3) is 0 Å². The molecule has 0 atom stereocenters. The standard InChI is InChI=1S/C25H21F3O4.Na.H/c1-17-7-8-19(15-24(29)30)14-23(17)32-22-6-2-5-21(16-22)31-13-3-4-18-9-11-20(12-10-18)25(26,27)28;;/h2-12,14,16H,13,15H2,1H3,(H,29,30);;. The van der Waals surface area contributed by atoms with Gasteiger partial charge in [0, 0.05) is 6.07 Å². The Hall–Kier alpha value is -2.74. The number of halogens is 3. The van der Waals surface area contributed by atoms with Crippen LogP contribution in [0.4, 0.5) is 13.2 Å². The van der Waals surface area contributed by atoms with Crippen LogP contribution in [0.1, 0.15) is 22.3 Å². The molecular formula is C25H22F3NaO4. The number of hydrogen-bond acceptors (Lipinski definition) is 3. The third-order valence-corrected chi connectivity index (χ3v) is 4.54. The molecule has 0 aliphatic rings. The Morgan fingerprint density at radius 2 is 1.70 bits per heavy atom. The molecule has 168 valence electrons. The average Bonchev–Trinajstić information content (AvgIpc) is 2.73. The third kappa shape index (κ3) is 8.28. The molecule has 0 bridgehead atoms. The predicted octanol–water partition coefficient (Wildman–Crippen LogP) is 5.88. The number of carbonyl (C=O) groups is 1. The molecule has 0 fully saturated rings. The van der Waals surface area contributed by atoms with E-state index < -0.39 is 17.7 Å². The number of aliphatic carboxylic acids is 1. The van der Waals surface area contributed by atoms with E-state index in [1.807, 2.05) is 6.92 Å². The molecular weight excluding hydrogens is 444 g/mol. The zero-order valence-corrected chi connectivity index (χ0v) is 17.2. The van der Waals surface area contributed by atoms with Crippen molar-refractivity contribution in [3.8, 4) is 17.2 Å². The Balaban J connectivity index is 0.00000385. The summed E-state index contributed by atoms with van der Waals surface area (Å²) in [4.78, 5) is 10.9. The Labute approximate surface area is 212 Å². The molecule has 8 heteroatoms. The second kappa shape index (κ2) is 11.9. The summed E-state index contributed by atoms with van der Waals surface area (Å²) in [6.07, 6.45) is -1.06. The summed E-state index contributed by atoms with van der Waals surface area (Å²) in [5.74, 6) is 0.728. The van der Waals surface area contributed by atoms with Gasteiger partial charge in [0.2, 0.25) is 0 Å². The topological polar surface area (TPSA) is 55.8 Å². The molecule has 1 N–H and O–H groups in total. The Kier molecular flexibility index (Phi) is 9.58. The third-order valence-electron chi connectivity index (χ3n) is 4.54. The molecule has 0 radical (unpaired) electrons. The number of aryl methyl sites for hydroxylation is 1. The van der Waals surface area contributed by atoms with Crippen LogP contribution < -0.4 is 9.47 Å². The van der Waals surface area contributed by atoms with Gasteiger partial charge in [-0.15, -0.1) is 0 Å². The van der Waals surface area contributed by atoms with E-state index in [2.05, 4.69) is 0 Å². The molecule has 0 amide bonds. The van der Waals surface area contributed by atoms with Crippen LogP contribution in [0.15, 0.2) is 72.8 Å². The molecule has 3 aromatic rings. The minimum absolute atomic E-state index is 0. The molecule has 3 rings (SSSR count). The van der Waals surface area contributed by atoms with Crippen molar-refractivity contribution in [2.45, 2.75) is 19.5 Å². The molecule has 3 aromatic carbocycles. The second-order valence-electron chi connectivity index (χ2n) is 7.08. The maximum atomic E-state index is 12.6. The van der Waals surface area contributed by atoms with Gasteiger partial charge in [-0.1, -0.05) is 36.4 Å². The van der Waals surface area contributed by atoms with Gasteiger partial charge in [-0.25, -0.2) is 0 Å². The van der Waals surface area contributed by atoms with Crippen molar-refractivity contribution < 1.29 is 32.5 Å². The van der Waals surface area contributed by atoms with Gasteiger partial charge in [-0.3, -0.25) is 4.79 Å². The maximum absolute atomic E-state index is 12.6. The molecule has 0 unspecified atom stereocenters. The number of carboxylic acids is 1. The summed E-state index contributed by atoms with van der Waals surface area (Å²) < 4.78 is 49.4. The Bertz CT molecular complexity index is 1110. The van der Waals surface area contributed by atoms with Crippen molar-refractivity contribution in [1.29, 1.82) is 0 Å². The summed E-state index contributed by atoms with van der Waals surface area (Å²) in [5.41, 5.74) is 1.45. The first-order valence-corrected chi connectivity index (χ1v) is 9.76. The molecule has 4 nitrogen and oxygen atoms in total. The molecule has 0 heterocycles. The van der Waals surface area contributed by atoms with Crippen molar-refractivity contribution in [2.24, 2.45) is 0 Å². The summed E-state index contributed by atoms with van der Waals surface area (Å²) in [6, 6.07) is 17.1. The first kappa shape index (κ1) is 26.5. The van der Waals surface area contributed by atoms with Crippen LogP contribution >= 0.6 is 0 Å². The van der Waals surface area contributed by atoms with Crippen molar-refractivity contribution >= 4 is 41.6 Å². The van der Waals surface area contributed by atoms with Crippen LogP contribution in [0, 0.1) is 6.92 Å². The van der Waals surface area contributed by atoms with E-state index in [1.54, 1.807) is 54.6 Å². The Morgan fingerprint density at radius 1 is 1.00 bits per heavy atom. The van der Waals surface area contributed by atoms with Gasteiger partial charge in [-0.05, 0) is 60.0 Å². The number of alkyl halides is 3. The second-order valence-corrected chi connectivity index (χ2v) is 7.08. The van der Waals surface area contributed by atoms with Gasteiger partial charge < -0.3 is 14.6 Å². The summed E-state index contributed by atoms with van der Waals surface area (Å²) >= 11 is 0. The van der Waals surface area contributed by atoms with E-state index >= 15 is 0 Å². The molecule has 33 heavy (non-hydrogen) atoms. The van der Waals surface area contributed by atoms with E-state index in [-0.39, 0.29) is 42.6 Å². The average molecular weight is 466 g/mol. The predicted molar refractivity (Wildman–Crippen MR) is 122 cm³/mol. The normalized spacial score (nSPS) is 11.2. The van der Waals surface area contributed by atoms with Crippen LogP contribution in [0.2, 0.25) is 0 Å². The van der Waals surface area contributed by atoms with Gasteiger partial charge in [0.15, 0.2) is 0 Å². The molecule has 0 saturated carbocycles. The molecule has 0 spiro atoms. The van der Waals surface area contributed by atoms with Crippen LogP contribution in [-0.4, -0.2) is 47.2 Å².